The summed E-state index contributed by atoms with van der Waals surface area (Å²) in [6.07, 6.45) is 32.7. The zero-order valence-corrected chi connectivity index (χ0v) is 21.9. The summed E-state index contributed by atoms with van der Waals surface area (Å²) in [4.78, 5) is 23.3. The molecule has 0 aromatic carbocycles. The van der Waals surface area contributed by atoms with Crippen molar-refractivity contribution in [2.75, 3.05) is 0 Å². The molecule has 0 radical (unpaired) electrons. The summed E-state index contributed by atoms with van der Waals surface area (Å²) in [6.45, 7) is 4.53. The third-order valence-corrected chi connectivity index (χ3v) is 6.69. The number of unbranched alkanes of at least 4 members (excludes halogenated alkanes) is 17. The average Bonchev–Trinajstić information content (AvgIpc) is 3.12. The first-order valence-electron chi connectivity index (χ1n) is 14.3. The molecule has 1 aliphatic rings. The largest absolute Gasteiger partial charge is 0.393 e. The molecule has 0 aromatic heterocycles. The monoisotopic (exact) mass is 460 g/mol. The standard InChI is InChI=1S/C30H52O3/c1-3-5-7-9-11-13-15-17-19-21-23-27(25-28-26-29(31)33-30(28)32)24-22-20-18-16-14-12-10-8-6-4-2/h21,23,25,28H,3-20,22,24,26H2,1-2H3/b23-21+,27-25+. The molecular formula is C30H52O3. The molecule has 1 unspecified atom stereocenters. The van der Waals surface area contributed by atoms with Crippen molar-refractivity contribution in [2.24, 2.45) is 5.92 Å². The van der Waals surface area contributed by atoms with Crippen LogP contribution in [0.3, 0.4) is 0 Å². The van der Waals surface area contributed by atoms with Crippen LogP contribution in [0.25, 0.3) is 0 Å². The molecule has 0 spiro atoms. The lowest BCUT2D eigenvalue weighted by atomic mass is 9.98. The second-order valence-electron chi connectivity index (χ2n) is 9.94. The Morgan fingerprint density at radius 2 is 1.21 bits per heavy atom. The van der Waals surface area contributed by atoms with Crippen LogP contribution in [0.2, 0.25) is 0 Å². The van der Waals surface area contributed by atoms with Gasteiger partial charge in [0.1, 0.15) is 0 Å². The molecule has 0 N–H and O–H groups in total. The SMILES string of the molecule is CCCCCCCCCC/C=C/C(=C\C1CC(=O)OC1=O)CCCCCCCCCCCC. The highest BCUT2D eigenvalue weighted by Gasteiger charge is 2.31. The van der Waals surface area contributed by atoms with E-state index in [4.69, 9.17) is 4.74 Å². The van der Waals surface area contributed by atoms with Crippen LogP contribution in [0.4, 0.5) is 0 Å². The van der Waals surface area contributed by atoms with Gasteiger partial charge < -0.3 is 4.74 Å². The van der Waals surface area contributed by atoms with Gasteiger partial charge in [-0.15, -0.1) is 0 Å². The fourth-order valence-corrected chi connectivity index (χ4v) is 4.55. The molecule has 1 saturated heterocycles. The van der Waals surface area contributed by atoms with Gasteiger partial charge in [0.15, 0.2) is 0 Å². The van der Waals surface area contributed by atoms with Gasteiger partial charge in [0, 0.05) is 0 Å². The summed E-state index contributed by atoms with van der Waals surface area (Å²) >= 11 is 0. The first-order chi connectivity index (χ1) is 16.2. The van der Waals surface area contributed by atoms with Gasteiger partial charge in [0.2, 0.25) is 0 Å². The Hall–Kier alpha value is -1.38. The van der Waals surface area contributed by atoms with E-state index in [1.807, 2.05) is 6.08 Å². The smallest absolute Gasteiger partial charge is 0.321 e. The summed E-state index contributed by atoms with van der Waals surface area (Å²) < 4.78 is 4.74. The zero-order valence-electron chi connectivity index (χ0n) is 21.9. The zero-order chi connectivity index (χ0) is 24.0. The van der Waals surface area contributed by atoms with Crippen molar-refractivity contribution in [3.05, 3.63) is 23.8 Å². The maximum atomic E-state index is 11.9. The van der Waals surface area contributed by atoms with Gasteiger partial charge in [-0.25, -0.2) is 0 Å². The fourth-order valence-electron chi connectivity index (χ4n) is 4.55. The van der Waals surface area contributed by atoms with Crippen molar-refractivity contribution >= 4 is 11.9 Å². The molecule has 1 heterocycles. The molecule has 1 fully saturated rings. The van der Waals surface area contributed by atoms with Crippen LogP contribution in [0.5, 0.6) is 0 Å². The predicted molar refractivity (Wildman–Crippen MR) is 140 cm³/mol. The fraction of sp³-hybridized carbons (Fsp3) is 0.800. The minimum Gasteiger partial charge on any atom is -0.393 e. The first kappa shape index (κ1) is 29.7. The minimum atomic E-state index is -0.387. The molecule has 190 valence electrons. The van der Waals surface area contributed by atoms with Gasteiger partial charge in [0.05, 0.1) is 12.3 Å². The van der Waals surface area contributed by atoms with E-state index in [2.05, 4.69) is 26.0 Å². The van der Waals surface area contributed by atoms with Crippen LogP contribution in [-0.4, -0.2) is 11.9 Å². The average molecular weight is 461 g/mol. The Bertz CT molecular complexity index is 561. The van der Waals surface area contributed by atoms with E-state index >= 15 is 0 Å². The molecule has 1 aliphatic heterocycles. The van der Waals surface area contributed by atoms with E-state index in [-0.39, 0.29) is 24.3 Å². The Balaban J connectivity index is 2.28. The molecule has 0 aliphatic carbocycles. The van der Waals surface area contributed by atoms with E-state index in [0.717, 1.165) is 19.3 Å². The molecular weight excluding hydrogens is 408 g/mol. The number of carbonyl (C=O) groups is 2. The lowest BCUT2D eigenvalue weighted by Gasteiger charge is -2.06. The summed E-state index contributed by atoms with van der Waals surface area (Å²) in [7, 11) is 0. The Labute approximate surface area is 204 Å². The summed E-state index contributed by atoms with van der Waals surface area (Å²) in [6, 6.07) is 0. The van der Waals surface area contributed by atoms with Crippen molar-refractivity contribution in [3.63, 3.8) is 0 Å². The van der Waals surface area contributed by atoms with Gasteiger partial charge in [-0.05, 0) is 25.7 Å². The van der Waals surface area contributed by atoms with E-state index in [1.165, 1.54) is 115 Å². The molecule has 1 rings (SSSR count). The second kappa shape index (κ2) is 21.2. The van der Waals surface area contributed by atoms with Gasteiger partial charge in [-0.3, -0.25) is 9.59 Å². The van der Waals surface area contributed by atoms with Crippen molar-refractivity contribution in [1.29, 1.82) is 0 Å². The Morgan fingerprint density at radius 3 is 1.70 bits per heavy atom. The van der Waals surface area contributed by atoms with Crippen LogP contribution in [0.1, 0.15) is 149 Å². The summed E-state index contributed by atoms with van der Waals surface area (Å²) in [5.41, 5.74) is 1.20. The lowest BCUT2D eigenvalue weighted by Crippen LogP contribution is -2.05. The number of ether oxygens (including phenoxy) is 1. The number of hydrogen-bond donors (Lipinski definition) is 0. The molecule has 0 bridgehead atoms. The van der Waals surface area contributed by atoms with Crippen LogP contribution in [0, 0.1) is 5.92 Å². The molecule has 0 amide bonds. The molecule has 33 heavy (non-hydrogen) atoms. The number of hydrogen-bond acceptors (Lipinski definition) is 3. The van der Waals surface area contributed by atoms with Gasteiger partial charge in [-0.1, -0.05) is 140 Å². The highest BCUT2D eigenvalue weighted by Crippen LogP contribution is 2.22. The van der Waals surface area contributed by atoms with Crippen molar-refractivity contribution < 1.29 is 14.3 Å². The highest BCUT2D eigenvalue weighted by molar-refractivity contribution is 5.95. The first-order valence-corrected chi connectivity index (χ1v) is 14.3. The van der Waals surface area contributed by atoms with Crippen molar-refractivity contribution in [3.8, 4) is 0 Å². The van der Waals surface area contributed by atoms with E-state index in [9.17, 15) is 9.59 Å². The number of cyclic esters (lactones) is 2. The van der Waals surface area contributed by atoms with Crippen LogP contribution in [0.15, 0.2) is 23.8 Å². The number of rotatable bonds is 22. The summed E-state index contributed by atoms with van der Waals surface area (Å²) in [5.74, 6) is -1.15. The number of carbonyl (C=O) groups excluding carboxylic acids is 2. The second-order valence-corrected chi connectivity index (χ2v) is 9.94. The molecule has 1 atom stereocenters. The van der Waals surface area contributed by atoms with E-state index < -0.39 is 0 Å². The number of esters is 2. The van der Waals surface area contributed by atoms with Crippen molar-refractivity contribution in [1.82, 2.24) is 0 Å². The maximum absolute atomic E-state index is 11.9. The van der Waals surface area contributed by atoms with Crippen LogP contribution in [-0.2, 0) is 14.3 Å². The third kappa shape index (κ3) is 16.8. The third-order valence-electron chi connectivity index (χ3n) is 6.69. The quantitative estimate of drug-likeness (QED) is 0.0699. The van der Waals surface area contributed by atoms with E-state index in [1.54, 1.807) is 0 Å². The lowest BCUT2D eigenvalue weighted by molar-refractivity contribution is -0.152. The van der Waals surface area contributed by atoms with Gasteiger partial charge in [0.25, 0.3) is 0 Å². The highest BCUT2D eigenvalue weighted by atomic mass is 16.6. The van der Waals surface area contributed by atoms with Crippen LogP contribution < -0.4 is 0 Å². The maximum Gasteiger partial charge on any atom is 0.321 e. The molecule has 0 saturated carbocycles. The molecule has 3 nitrogen and oxygen atoms in total. The summed E-state index contributed by atoms with van der Waals surface area (Å²) in [5, 5.41) is 0. The molecule has 0 aromatic rings. The van der Waals surface area contributed by atoms with Crippen LogP contribution >= 0.6 is 0 Å². The Kier molecular flexibility index (Phi) is 19.0. The topological polar surface area (TPSA) is 43.4 Å². The van der Waals surface area contributed by atoms with E-state index in [0.29, 0.717) is 0 Å². The Morgan fingerprint density at radius 1 is 0.727 bits per heavy atom. The van der Waals surface area contributed by atoms with Gasteiger partial charge in [-0.2, -0.15) is 0 Å². The molecule has 3 heteroatoms. The van der Waals surface area contributed by atoms with Gasteiger partial charge >= 0.3 is 11.9 Å². The van der Waals surface area contributed by atoms with Crippen molar-refractivity contribution in [2.45, 2.75) is 149 Å². The normalized spacial score (nSPS) is 16.8. The minimum absolute atomic E-state index is 0.201. The predicted octanol–water partition coefficient (Wildman–Crippen LogP) is 9.40. The number of allylic oxidation sites excluding steroid dienone is 3.